The monoisotopic (exact) mass is 620 g/mol. The molecule has 19 heteroatoms. The molecule has 0 fully saturated rings. The average Bonchev–Trinajstić information content (AvgIpc) is 2.94. The molecular formula is C24H40N6O13. The number of carboxylic acids is 3. The van der Waals surface area contributed by atoms with Gasteiger partial charge in [0.1, 0.15) is 24.2 Å². The van der Waals surface area contributed by atoms with E-state index >= 15 is 0 Å². The highest BCUT2D eigenvalue weighted by molar-refractivity contribution is 5.94. The van der Waals surface area contributed by atoms with Crippen LogP contribution in [0.4, 0.5) is 0 Å². The number of carbonyl (C=O) groups excluding carboxylic acids is 5. The van der Waals surface area contributed by atoms with Crippen LogP contribution in [-0.4, -0.2) is 123 Å². The zero-order valence-corrected chi connectivity index (χ0v) is 23.7. The predicted molar refractivity (Wildman–Crippen MR) is 144 cm³/mol. The maximum Gasteiger partial charge on any atom is 0.326 e. The number of amides is 5. The summed E-state index contributed by atoms with van der Waals surface area (Å²) < 4.78 is 0. The van der Waals surface area contributed by atoms with Crippen molar-refractivity contribution < 1.29 is 63.9 Å². The molecule has 0 aliphatic heterocycles. The highest BCUT2D eigenvalue weighted by atomic mass is 16.4. The Morgan fingerprint density at radius 1 is 0.674 bits per heavy atom. The van der Waals surface area contributed by atoms with Gasteiger partial charge in [0.15, 0.2) is 0 Å². The van der Waals surface area contributed by atoms with Crippen molar-refractivity contribution >= 4 is 47.4 Å². The number of hydrogen-bond donors (Lipinski definition) is 11. The van der Waals surface area contributed by atoms with Gasteiger partial charge >= 0.3 is 17.9 Å². The molecule has 0 aliphatic carbocycles. The van der Waals surface area contributed by atoms with E-state index in [0.717, 1.165) is 0 Å². The van der Waals surface area contributed by atoms with Crippen LogP contribution in [0.2, 0.25) is 0 Å². The van der Waals surface area contributed by atoms with Gasteiger partial charge in [0.05, 0.1) is 25.7 Å². The fourth-order valence-corrected chi connectivity index (χ4v) is 3.31. The van der Waals surface area contributed by atoms with Crippen molar-refractivity contribution in [2.75, 3.05) is 19.8 Å². The molecule has 1 unspecified atom stereocenters. The number of carbonyl (C=O) groups is 8. The van der Waals surface area contributed by atoms with E-state index in [-0.39, 0.29) is 12.3 Å². The second-order valence-electron chi connectivity index (χ2n) is 9.49. The maximum atomic E-state index is 12.8. The van der Waals surface area contributed by atoms with Gasteiger partial charge in [0, 0.05) is 19.4 Å². The number of hydrogen-bond acceptors (Lipinski definition) is 11. The number of carboxylic acid groups (broad SMARTS) is 3. The Morgan fingerprint density at radius 2 is 1.19 bits per heavy atom. The summed E-state index contributed by atoms with van der Waals surface area (Å²) in [4.78, 5) is 94.9. The maximum absolute atomic E-state index is 12.8. The van der Waals surface area contributed by atoms with Crippen LogP contribution in [-0.2, 0) is 38.4 Å². The molecule has 5 amide bonds. The molecule has 0 saturated carbocycles. The van der Waals surface area contributed by atoms with Gasteiger partial charge in [-0.15, -0.1) is 0 Å². The second kappa shape index (κ2) is 19.7. The summed E-state index contributed by atoms with van der Waals surface area (Å²) in [5, 5.41) is 56.4. The first-order valence-electron chi connectivity index (χ1n) is 13.2. The van der Waals surface area contributed by atoms with Gasteiger partial charge in [-0.05, 0) is 12.3 Å². The number of aliphatic hydroxyl groups excluding tert-OH is 2. The van der Waals surface area contributed by atoms with Gasteiger partial charge in [0.25, 0.3) is 0 Å². The lowest BCUT2D eigenvalue weighted by molar-refractivity contribution is -0.147. The van der Waals surface area contributed by atoms with E-state index in [1.165, 1.54) is 0 Å². The van der Waals surface area contributed by atoms with Crippen LogP contribution in [0, 0.1) is 5.92 Å². The minimum absolute atomic E-state index is 0.253. The van der Waals surface area contributed by atoms with Crippen molar-refractivity contribution in [2.24, 2.45) is 11.7 Å². The zero-order chi connectivity index (χ0) is 33.3. The van der Waals surface area contributed by atoms with E-state index in [9.17, 15) is 48.6 Å². The third kappa shape index (κ3) is 14.9. The smallest absolute Gasteiger partial charge is 0.326 e. The molecule has 0 radical (unpaired) electrons. The summed E-state index contributed by atoms with van der Waals surface area (Å²) in [6.07, 6.45) is -1.74. The Kier molecular flexibility index (Phi) is 17.7. The molecule has 19 nitrogen and oxygen atoms in total. The highest BCUT2D eigenvalue weighted by Crippen LogP contribution is 2.07. The van der Waals surface area contributed by atoms with Crippen LogP contribution in [0.25, 0.3) is 0 Å². The molecular weight excluding hydrogens is 580 g/mol. The molecule has 43 heavy (non-hydrogen) atoms. The molecule has 0 aromatic rings. The van der Waals surface area contributed by atoms with Gasteiger partial charge in [0.2, 0.25) is 29.5 Å². The van der Waals surface area contributed by atoms with Crippen LogP contribution < -0.4 is 32.3 Å². The van der Waals surface area contributed by atoms with E-state index in [1.54, 1.807) is 13.8 Å². The fraction of sp³-hybridized carbons (Fsp3) is 0.667. The normalized spacial score (nSPS) is 14.9. The van der Waals surface area contributed by atoms with Crippen LogP contribution in [0.5, 0.6) is 0 Å². The summed E-state index contributed by atoms with van der Waals surface area (Å²) in [6.45, 7) is 1.23. The van der Waals surface area contributed by atoms with E-state index in [2.05, 4.69) is 21.3 Å². The summed E-state index contributed by atoms with van der Waals surface area (Å²) in [7, 11) is 0. The van der Waals surface area contributed by atoms with Crippen molar-refractivity contribution in [1.82, 2.24) is 26.6 Å². The number of nitrogens with two attached hydrogens (primary N) is 1. The molecule has 0 aliphatic rings. The van der Waals surface area contributed by atoms with Crippen LogP contribution in [0.1, 0.15) is 46.0 Å². The third-order valence-corrected chi connectivity index (χ3v) is 6.13. The molecule has 12 N–H and O–H groups in total. The molecule has 0 saturated heterocycles. The minimum atomic E-state index is -1.82. The van der Waals surface area contributed by atoms with E-state index in [1.807, 2.05) is 5.32 Å². The van der Waals surface area contributed by atoms with Gasteiger partial charge in [-0.2, -0.15) is 0 Å². The van der Waals surface area contributed by atoms with Crippen LogP contribution >= 0.6 is 0 Å². The molecule has 0 heterocycles. The zero-order valence-electron chi connectivity index (χ0n) is 23.7. The first-order valence-corrected chi connectivity index (χ1v) is 13.2. The van der Waals surface area contributed by atoms with Crippen molar-refractivity contribution in [2.45, 2.75) is 76.2 Å². The summed E-state index contributed by atoms with van der Waals surface area (Å²) in [6, 6.07) is -7.43. The van der Waals surface area contributed by atoms with Crippen molar-refractivity contribution in [3.05, 3.63) is 0 Å². The SMILES string of the molecule is CCC(C)[C@H](N)C(=O)N[C@@H](CCC(=O)O)C(=O)N[C@@H](CO)C(=O)NCCC(=O)N[C@@H](CO)C(=O)N[C@@H](CC(=O)O)C(=O)O. The summed E-state index contributed by atoms with van der Waals surface area (Å²) in [5.41, 5.74) is 5.86. The standard InChI is InChI=1S/C24H40N6O13/c1-3-11(2)19(25)23(41)28-12(4-5-17(34)35)21(39)30-14(9-31)20(38)26-7-6-16(33)27-15(10-32)22(40)29-13(24(42)43)8-18(36)37/h11-15,19,31-32H,3-10,25H2,1-2H3,(H,26,38)(H,27,33)(H,28,41)(H,29,40)(H,30,39)(H,34,35)(H,36,37)(H,42,43)/t11?,12-,13-,14-,15-,19-/m0/s1. The van der Waals surface area contributed by atoms with Crippen molar-refractivity contribution in [3.8, 4) is 0 Å². The Labute approximate surface area is 245 Å². The summed E-state index contributed by atoms with van der Waals surface area (Å²) >= 11 is 0. The number of nitrogens with one attached hydrogen (secondary N) is 5. The quantitative estimate of drug-likeness (QED) is 0.0574. The first-order chi connectivity index (χ1) is 20.1. The summed E-state index contributed by atoms with van der Waals surface area (Å²) in [5.74, 6) is -9.40. The van der Waals surface area contributed by atoms with E-state index in [4.69, 9.17) is 21.1 Å². The molecule has 244 valence electrons. The molecule has 0 aromatic carbocycles. The van der Waals surface area contributed by atoms with E-state index < -0.39 is 117 Å². The number of aliphatic carboxylic acids is 3. The Bertz CT molecular complexity index is 1020. The predicted octanol–water partition coefficient (Wildman–Crippen LogP) is -4.79. The van der Waals surface area contributed by atoms with Gasteiger partial charge < -0.3 is 57.9 Å². The Morgan fingerprint density at radius 3 is 1.67 bits per heavy atom. The first kappa shape index (κ1) is 38.6. The fourth-order valence-electron chi connectivity index (χ4n) is 3.31. The number of rotatable bonds is 21. The second-order valence-corrected chi connectivity index (χ2v) is 9.49. The van der Waals surface area contributed by atoms with Crippen molar-refractivity contribution in [3.63, 3.8) is 0 Å². The largest absolute Gasteiger partial charge is 0.481 e. The Balaban J connectivity index is 5.10. The molecule has 0 bridgehead atoms. The van der Waals surface area contributed by atoms with Crippen LogP contribution in [0.3, 0.4) is 0 Å². The molecule has 0 aromatic heterocycles. The number of aliphatic hydroxyl groups is 2. The molecule has 6 atom stereocenters. The highest BCUT2D eigenvalue weighted by Gasteiger charge is 2.30. The van der Waals surface area contributed by atoms with Gasteiger partial charge in [-0.25, -0.2) is 4.79 Å². The minimum Gasteiger partial charge on any atom is -0.481 e. The molecule has 0 spiro atoms. The van der Waals surface area contributed by atoms with Gasteiger partial charge in [-0.3, -0.25) is 33.6 Å². The van der Waals surface area contributed by atoms with Gasteiger partial charge in [-0.1, -0.05) is 20.3 Å². The third-order valence-electron chi connectivity index (χ3n) is 6.13. The molecule has 0 rings (SSSR count). The average molecular weight is 621 g/mol. The van der Waals surface area contributed by atoms with E-state index in [0.29, 0.717) is 6.42 Å². The lowest BCUT2D eigenvalue weighted by atomic mass is 9.98. The lowest BCUT2D eigenvalue weighted by Gasteiger charge is -2.24. The van der Waals surface area contributed by atoms with Crippen LogP contribution in [0.15, 0.2) is 0 Å². The lowest BCUT2D eigenvalue weighted by Crippen LogP contribution is -2.57. The Hall–Kier alpha value is -4.36. The van der Waals surface area contributed by atoms with Crippen molar-refractivity contribution in [1.29, 1.82) is 0 Å². The topological polar surface area (TPSA) is 324 Å².